The number of benzene rings is 2. The largest absolute Gasteiger partial charge is 0.295 e. The van der Waals surface area contributed by atoms with E-state index in [-0.39, 0.29) is 10.6 Å². The van der Waals surface area contributed by atoms with Crippen molar-refractivity contribution in [3.8, 4) is 0 Å². The quantitative estimate of drug-likeness (QED) is 0.336. The number of hydrogen-bond donors (Lipinski definition) is 2. The molecule has 0 aliphatic carbocycles. The first kappa shape index (κ1) is 21.1. The highest BCUT2D eigenvalue weighted by Crippen LogP contribution is 2.27. The van der Waals surface area contributed by atoms with E-state index in [1.807, 2.05) is 48.9 Å². The van der Waals surface area contributed by atoms with Crippen LogP contribution in [0.15, 0.2) is 58.5 Å². The first-order chi connectivity index (χ1) is 14.2. The van der Waals surface area contributed by atoms with Gasteiger partial charge in [0.25, 0.3) is 5.69 Å². The predicted molar refractivity (Wildman–Crippen MR) is 113 cm³/mol. The maximum absolute atomic E-state index is 11.4. The average molecular weight is 428 g/mol. The molecule has 156 valence electrons. The molecule has 3 rings (SSSR count). The number of nitrogens with two attached hydrogens (primary N) is 1. The van der Waals surface area contributed by atoms with Crippen molar-refractivity contribution in [3.63, 3.8) is 0 Å². The van der Waals surface area contributed by atoms with Crippen molar-refractivity contribution < 1.29 is 13.3 Å². The number of aromatic nitrogens is 2. The maximum Gasteiger partial charge on any atom is 0.295 e. The number of nitrogens with zero attached hydrogens (tertiary/aromatic N) is 4. The third kappa shape index (κ3) is 4.70. The van der Waals surface area contributed by atoms with Crippen LogP contribution in [-0.2, 0) is 16.6 Å². The molecule has 0 spiro atoms. The van der Waals surface area contributed by atoms with Crippen LogP contribution in [0.2, 0.25) is 0 Å². The Labute approximate surface area is 173 Å². The van der Waals surface area contributed by atoms with Crippen LogP contribution in [0, 0.1) is 24.0 Å². The second kappa shape index (κ2) is 8.43. The highest BCUT2D eigenvalue weighted by atomic mass is 32.2. The lowest BCUT2D eigenvalue weighted by atomic mass is 10.2. The van der Waals surface area contributed by atoms with E-state index in [0.717, 1.165) is 28.6 Å². The molecular weight excluding hydrogens is 408 g/mol. The molecule has 0 unspecified atom stereocenters. The topological polar surface area (TPSA) is 146 Å². The summed E-state index contributed by atoms with van der Waals surface area (Å²) in [6, 6.07) is 13.2. The molecule has 0 aliphatic rings. The Hall–Kier alpha value is -3.57. The molecule has 0 saturated heterocycles. The van der Waals surface area contributed by atoms with Gasteiger partial charge in [-0.1, -0.05) is 30.3 Å². The molecule has 0 aliphatic heterocycles. The summed E-state index contributed by atoms with van der Waals surface area (Å²) in [7, 11) is -4.06. The van der Waals surface area contributed by atoms with Gasteiger partial charge >= 0.3 is 0 Å². The van der Waals surface area contributed by atoms with Gasteiger partial charge in [0.2, 0.25) is 10.0 Å². The van der Waals surface area contributed by atoms with E-state index < -0.39 is 20.6 Å². The minimum atomic E-state index is -4.06. The second-order valence-corrected chi connectivity index (χ2v) is 8.14. The summed E-state index contributed by atoms with van der Waals surface area (Å²) < 4.78 is 24.7. The number of aryl methyl sites for hydroxylation is 1. The molecule has 3 aromatic rings. The molecule has 0 saturated carbocycles. The highest BCUT2D eigenvalue weighted by molar-refractivity contribution is 7.89. The van der Waals surface area contributed by atoms with Crippen LogP contribution in [0.1, 0.15) is 22.5 Å². The molecule has 1 heterocycles. The summed E-state index contributed by atoms with van der Waals surface area (Å²) >= 11 is 0. The minimum Gasteiger partial charge on any atom is -0.272 e. The smallest absolute Gasteiger partial charge is 0.272 e. The van der Waals surface area contributed by atoms with Gasteiger partial charge in [0, 0.05) is 17.3 Å². The molecule has 30 heavy (non-hydrogen) atoms. The summed E-state index contributed by atoms with van der Waals surface area (Å²) in [6.45, 7) is 4.36. The van der Waals surface area contributed by atoms with Crippen molar-refractivity contribution in [2.75, 3.05) is 5.43 Å². The summed E-state index contributed by atoms with van der Waals surface area (Å²) in [4.78, 5) is 10.2. The first-order valence-corrected chi connectivity index (χ1v) is 10.4. The molecule has 0 radical (unpaired) electrons. The van der Waals surface area contributed by atoms with Crippen LogP contribution in [-0.4, -0.2) is 29.3 Å². The van der Waals surface area contributed by atoms with Gasteiger partial charge in [0.1, 0.15) is 5.69 Å². The summed E-state index contributed by atoms with van der Waals surface area (Å²) in [6.07, 6.45) is 1.52. The molecule has 0 bridgehead atoms. The molecule has 0 atom stereocenters. The van der Waals surface area contributed by atoms with E-state index in [2.05, 4.69) is 15.6 Å². The average Bonchev–Trinajstić information content (AvgIpc) is 2.95. The predicted octanol–water partition coefficient (Wildman–Crippen LogP) is 2.55. The summed E-state index contributed by atoms with van der Waals surface area (Å²) in [5, 5.41) is 24.9. The Balaban J connectivity index is 1.83. The lowest BCUT2D eigenvalue weighted by Gasteiger charge is -2.05. The zero-order valence-electron chi connectivity index (χ0n) is 16.3. The molecule has 0 amide bonds. The normalized spacial score (nSPS) is 11.7. The van der Waals surface area contributed by atoms with Crippen LogP contribution in [0.5, 0.6) is 0 Å². The number of primary sulfonamides is 1. The lowest BCUT2D eigenvalue weighted by molar-refractivity contribution is -0.384. The van der Waals surface area contributed by atoms with Gasteiger partial charge in [-0.3, -0.25) is 20.2 Å². The van der Waals surface area contributed by atoms with Crippen molar-refractivity contribution in [1.82, 2.24) is 9.78 Å². The highest BCUT2D eigenvalue weighted by Gasteiger charge is 2.19. The molecule has 3 N–H and O–H groups in total. The Morgan fingerprint density at radius 3 is 2.57 bits per heavy atom. The molecule has 2 aromatic carbocycles. The molecule has 10 nitrogen and oxygen atoms in total. The van der Waals surface area contributed by atoms with Gasteiger partial charge in [0.15, 0.2) is 0 Å². The van der Waals surface area contributed by atoms with Gasteiger partial charge in [-0.25, -0.2) is 13.6 Å². The lowest BCUT2D eigenvalue weighted by Crippen LogP contribution is -2.12. The molecule has 11 heteroatoms. The van der Waals surface area contributed by atoms with Crippen molar-refractivity contribution >= 4 is 27.6 Å². The summed E-state index contributed by atoms with van der Waals surface area (Å²) in [5.41, 5.74) is 5.71. The van der Waals surface area contributed by atoms with E-state index in [0.29, 0.717) is 6.54 Å². The Bertz CT molecular complexity index is 1220. The third-order valence-corrected chi connectivity index (χ3v) is 5.40. The van der Waals surface area contributed by atoms with Crippen LogP contribution in [0.25, 0.3) is 0 Å². The Morgan fingerprint density at radius 1 is 1.23 bits per heavy atom. The van der Waals surface area contributed by atoms with Crippen LogP contribution in [0.4, 0.5) is 11.4 Å². The minimum absolute atomic E-state index is 0.0376. The monoisotopic (exact) mass is 428 g/mol. The first-order valence-electron chi connectivity index (χ1n) is 8.85. The van der Waals surface area contributed by atoms with Crippen molar-refractivity contribution in [3.05, 3.63) is 81.2 Å². The van der Waals surface area contributed by atoms with E-state index in [9.17, 15) is 18.5 Å². The van der Waals surface area contributed by atoms with E-state index in [1.165, 1.54) is 18.3 Å². The van der Waals surface area contributed by atoms with E-state index >= 15 is 0 Å². The number of nitro benzene ring substituents is 1. The van der Waals surface area contributed by atoms with Crippen molar-refractivity contribution in [2.24, 2.45) is 10.2 Å². The fourth-order valence-electron chi connectivity index (χ4n) is 2.91. The number of nitrogens with one attached hydrogen (secondary N) is 1. The van der Waals surface area contributed by atoms with Crippen LogP contribution < -0.4 is 10.6 Å². The third-order valence-electron chi connectivity index (χ3n) is 4.49. The Kier molecular flexibility index (Phi) is 5.94. The molecular formula is C19H20N6O4S. The molecule has 1 aromatic heterocycles. The molecule has 0 fully saturated rings. The van der Waals surface area contributed by atoms with Gasteiger partial charge in [0.05, 0.1) is 28.3 Å². The van der Waals surface area contributed by atoms with Gasteiger partial charge < -0.3 is 0 Å². The number of sulfonamides is 1. The number of hydrogen-bond acceptors (Lipinski definition) is 7. The zero-order valence-corrected chi connectivity index (χ0v) is 17.1. The van der Waals surface area contributed by atoms with Crippen molar-refractivity contribution in [2.45, 2.75) is 25.3 Å². The van der Waals surface area contributed by atoms with Crippen molar-refractivity contribution in [1.29, 1.82) is 0 Å². The maximum atomic E-state index is 11.4. The fraction of sp³-hybridized carbons (Fsp3) is 0.158. The number of anilines is 1. The number of hydrazone groups is 1. The van der Waals surface area contributed by atoms with Gasteiger partial charge in [-0.15, -0.1) is 0 Å². The van der Waals surface area contributed by atoms with Crippen LogP contribution in [0.3, 0.4) is 0 Å². The second-order valence-electron chi connectivity index (χ2n) is 6.58. The number of nitro groups is 1. The summed E-state index contributed by atoms with van der Waals surface area (Å²) in [5.74, 6) is 0. The van der Waals surface area contributed by atoms with Crippen LogP contribution >= 0.6 is 0 Å². The number of rotatable bonds is 7. The SMILES string of the molecule is Cc1nn(Cc2ccccc2)c(C)c1/C=N/Nc1ccc(S(N)(=O)=O)cc1[N+](=O)[O-]. The van der Waals surface area contributed by atoms with E-state index in [4.69, 9.17) is 5.14 Å². The fourth-order valence-corrected chi connectivity index (χ4v) is 3.44. The van der Waals surface area contributed by atoms with Gasteiger partial charge in [-0.2, -0.15) is 10.2 Å². The van der Waals surface area contributed by atoms with Gasteiger partial charge in [-0.05, 0) is 31.5 Å². The van der Waals surface area contributed by atoms with E-state index in [1.54, 1.807) is 0 Å². The Morgan fingerprint density at radius 2 is 1.93 bits per heavy atom. The zero-order chi connectivity index (χ0) is 21.9. The standard InChI is InChI=1S/C19H20N6O4S/c1-13-17(14(2)24(23-13)12-15-6-4-3-5-7-15)11-21-22-18-9-8-16(30(20,28)29)10-19(18)25(26)27/h3-11,22H,12H2,1-2H3,(H2,20,28,29)/b21-11+.